The minimum absolute atomic E-state index is 0.138. The Morgan fingerprint density at radius 3 is 2.78 bits per heavy atom. The van der Waals surface area contributed by atoms with Gasteiger partial charge in [-0.05, 0) is 5.92 Å². The zero-order valence-corrected chi connectivity index (χ0v) is 10.5. The maximum absolute atomic E-state index is 8.60. The standard InChI is InChI=1S/C11H18N4O3/c1-8(2)7-17-5-6-18-11-9(10(12)15-16)13-3-4-14-11/h3-4,8,16H,5-7H2,1-2H3,(H2,12,15). The van der Waals surface area contributed by atoms with Crippen LogP contribution in [0.15, 0.2) is 17.5 Å². The monoisotopic (exact) mass is 254 g/mol. The maximum Gasteiger partial charge on any atom is 0.244 e. The minimum Gasteiger partial charge on any atom is -0.474 e. The van der Waals surface area contributed by atoms with Gasteiger partial charge < -0.3 is 20.4 Å². The number of oxime groups is 1. The predicted octanol–water partition coefficient (Wildman–Crippen LogP) is 0.623. The number of rotatable bonds is 7. The molecule has 0 aliphatic rings. The van der Waals surface area contributed by atoms with Gasteiger partial charge in [0.15, 0.2) is 11.5 Å². The van der Waals surface area contributed by atoms with Gasteiger partial charge in [-0.3, -0.25) is 0 Å². The summed E-state index contributed by atoms with van der Waals surface area (Å²) in [7, 11) is 0. The molecule has 0 aliphatic heterocycles. The Hall–Kier alpha value is -1.89. The van der Waals surface area contributed by atoms with Crippen molar-refractivity contribution in [1.82, 2.24) is 9.97 Å². The van der Waals surface area contributed by atoms with Gasteiger partial charge >= 0.3 is 0 Å². The molecule has 0 amide bonds. The van der Waals surface area contributed by atoms with E-state index in [0.29, 0.717) is 25.7 Å². The number of nitrogens with zero attached hydrogens (tertiary/aromatic N) is 3. The van der Waals surface area contributed by atoms with E-state index in [1.807, 2.05) is 0 Å². The fourth-order valence-corrected chi connectivity index (χ4v) is 1.17. The molecular formula is C11H18N4O3. The van der Waals surface area contributed by atoms with Gasteiger partial charge in [0.2, 0.25) is 5.88 Å². The molecule has 18 heavy (non-hydrogen) atoms. The van der Waals surface area contributed by atoms with Gasteiger partial charge in [0.1, 0.15) is 6.61 Å². The van der Waals surface area contributed by atoms with Gasteiger partial charge in [0.05, 0.1) is 6.61 Å². The predicted molar refractivity (Wildman–Crippen MR) is 65.7 cm³/mol. The Bertz CT molecular complexity index is 396. The highest BCUT2D eigenvalue weighted by Gasteiger charge is 2.10. The Balaban J connectivity index is 2.47. The van der Waals surface area contributed by atoms with Crippen molar-refractivity contribution in [3.8, 4) is 5.88 Å². The molecule has 0 saturated carbocycles. The molecule has 0 spiro atoms. The molecule has 0 bridgehead atoms. The van der Waals surface area contributed by atoms with Gasteiger partial charge in [-0.1, -0.05) is 19.0 Å². The molecule has 1 rings (SSSR count). The van der Waals surface area contributed by atoms with Crippen molar-refractivity contribution in [3.63, 3.8) is 0 Å². The highest BCUT2D eigenvalue weighted by Crippen LogP contribution is 2.10. The number of ether oxygens (including phenoxy) is 2. The highest BCUT2D eigenvalue weighted by atomic mass is 16.5. The third kappa shape index (κ3) is 4.54. The molecule has 0 aromatic carbocycles. The van der Waals surface area contributed by atoms with Crippen LogP contribution in [-0.2, 0) is 4.74 Å². The average molecular weight is 254 g/mol. The molecule has 0 atom stereocenters. The van der Waals surface area contributed by atoms with E-state index in [0.717, 1.165) is 0 Å². The summed E-state index contributed by atoms with van der Waals surface area (Å²) in [5.41, 5.74) is 5.66. The average Bonchev–Trinajstić information content (AvgIpc) is 2.37. The van der Waals surface area contributed by atoms with Crippen molar-refractivity contribution < 1.29 is 14.7 Å². The van der Waals surface area contributed by atoms with Gasteiger partial charge in [-0.15, -0.1) is 0 Å². The number of amidine groups is 1. The van der Waals surface area contributed by atoms with Crippen LogP contribution in [0.25, 0.3) is 0 Å². The maximum atomic E-state index is 8.60. The van der Waals surface area contributed by atoms with Crippen molar-refractivity contribution in [2.45, 2.75) is 13.8 Å². The van der Waals surface area contributed by atoms with E-state index in [1.54, 1.807) is 0 Å². The van der Waals surface area contributed by atoms with E-state index >= 15 is 0 Å². The van der Waals surface area contributed by atoms with Crippen LogP contribution in [0, 0.1) is 5.92 Å². The first-order valence-corrected chi connectivity index (χ1v) is 5.64. The molecule has 0 fully saturated rings. The SMILES string of the molecule is CC(C)COCCOc1nccnc1C(N)=NO. The van der Waals surface area contributed by atoms with Gasteiger partial charge in [-0.25, -0.2) is 9.97 Å². The lowest BCUT2D eigenvalue weighted by Gasteiger charge is -2.09. The smallest absolute Gasteiger partial charge is 0.244 e. The number of nitrogens with two attached hydrogens (primary N) is 1. The molecule has 3 N–H and O–H groups in total. The Morgan fingerprint density at radius 1 is 1.39 bits per heavy atom. The quantitative estimate of drug-likeness (QED) is 0.243. The van der Waals surface area contributed by atoms with Gasteiger partial charge in [0.25, 0.3) is 0 Å². The Morgan fingerprint density at radius 2 is 2.11 bits per heavy atom. The number of hydrogen-bond acceptors (Lipinski definition) is 6. The summed E-state index contributed by atoms with van der Waals surface area (Å²) in [4.78, 5) is 7.90. The van der Waals surface area contributed by atoms with Crippen LogP contribution in [0.5, 0.6) is 5.88 Å². The van der Waals surface area contributed by atoms with E-state index in [2.05, 4.69) is 29.0 Å². The summed E-state index contributed by atoms with van der Waals surface area (Å²) in [6, 6.07) is 0. The Labute approximate surface area is 106 Å². The van der Waals surface area contributed by atoms with Crippen LogP contribution in [0.4, 0.5) is 0 Å². The molecule has 100 valence electrons. The molecule has 1 aromatic rings. The molecule has 7 heteroatoms. The third-order valence-electron chi connectivity index (χ3n) is 1.93. The molecule has 0 saturated heterocycles. The fourth-order valence-electron chi connectivity index (χ4n) is 1.17. The number of hydrogen-bond donors (Lipinski definition) is 2. The molecule has 0 unspecified atom stereocenters. The second-order valence-corrected chi connectivity index (χ2v) is 4.01. The van der Waals surface area contributed by atoms with Crippen molar-refractivity contribution in [3.05, 3.63) is 18.1 Å². The second kappa shape index (κ2) is 7.44. The topological polar surface area (TPSA) is 103 Å². The minimum atomic E-state index is -0.138. The van der Waals surface area contributed by atoms with Crippen LogP contribution in [0.2, 0.25) is 0 Å². The zero-order chi connectivity index (χ0) is 13.4. The Kier molecular flexibility index (Phi) is 5.86. The van der Waals surface area contributed by atoms with E-state index in [1.165, 1.54) is 12.4 Å². The second-order valence-electron chi connectivity index (χ2n) is 4.01. The molecule has 0 aliphatic carbocycles. The first-order valence-electron chi connectivity index (χ1n) is 5.64. The summed E-state index contributed by atoms with van der Waals surface area (Å²) in [6.07, 6.45) is 2.91. The third-order valence-corrected chi connectivity index (χ3v) is 1.93. The summed E-state index contributed by atoms with van der Waals surface area (Å²) < 4.78 is 10.7. The van der Waals surface area contributed by atoms with Crippen LogP contribution in [0.3, 0.4) is 0 Å². The molecule has 7 nitrogen and oxygen atoms in total. The lowest BCUT2D eigenvalue weighted by molar-refractivity contribution is 0.0804. The summed E-state index contributed by atoms with van der Waals surface area (Å²) in [5, 5.41) is 11.5. The number of aromatic nitrogens is 2. The first kappa shape index (κ1) is 14.2. The van der Waals surface area contributed by atoms with Crippen LogP contribution < -0.4 is 10.5 Å². The molecule has 1 aromatic heterocycles. The molecular weight excluding hydrogens is 236 g/mol. The lowest BCUT2D eigenvalue weighted by Crippen LogP contribution is -2.19. The highest BCUT2D eigenvalue weighted by molar-refractivity contribution is 5.97. The van der Waals surface area contributed by atoms with Crippen molar-refractivity contribution in [1.29, 1.82) is 0 Å². The summed E-state index contributed by atoms with van der Waals surface area (Å²) in [5.74, 6) is 0.566. The first-order chi connectivity index (χ1) is 8.65. The van der Waals surface area contributed by atoms with Crippen LogP contribution in [0.1, 0.15) is 19.5 Å². The molecule has 1 heterocycles. The largest absolute Gasteiger partial charge is 0.474 e. The van der Waals surface area contributed by atoms with E-state index in [4.69, 9.17) is 20.4 Å². The van der Waals surface area contributed by atoms with Crippen molar-refractivity contribution in [2.24, 2.45) is 16.8 Å². The molecule has 0 radical (unpaired) electrons. The van der Waals surface area contributed by atoms with Crippen molar-refractivity contribution >= 4 is 5.84 Å². The van der Waals surface area contributed by atoms with Gasteiger partial charge in [0, 0.05) is 19.0 Å². The summed E-state index contributed by atoms with van der Waals surface area (Å²) in [6.45, 7) is 5.60. The normalized spacial score (nSPS) is 11.8. The van der Waals surface area contributed by atoms with E-state index in [9.17, 15) is 0 Å². The fraction of sp³-hybridized carbons (Fsp3) is 0.545. The summed E-state index contributed by atoms with van der Waals surface area (Å²) >= 11 is 0. The van der Waals surface area contributed by atoms with E-state index < -0.39 is 0 Å². The zero-order valence-electron chi connectivity index (χ0n) is 10.5. The van der Waals surface area contributed by atoms with E-state index in [-0.39, 0.29) is 17.4 Å². The van der Waals surface area contributed by atoms with Crippen molar-refractivity contribution in [2.75, 3.05) is 19.8 Å². The lowest BCUT2D eigenvalue weighted by atomic mass is 10.2. The van der Waals surface area contributed by atoms with Crippen LogP contribution in [-0.4, -0.2) is 40.8 Å². The van der Waals surface area contributed by atoms with Crippen LogP contribution >= 0.6 is 0 Å². The van der Waals surface area contributed by atoms with Gasteiger partial charge in [-0.2, -0.15) is 0 Å².